The minimum absolute atomic E-state index is 0.00414. The molecule has 0 aliphatic carbocycles. The number of hydrogen-bond acceptors (Lipinski definition) is 4. The summed E-state index contributed by atoms with van der Waals surface area (Å²) in [5.74, 6) is -0.239. The molecule has 0 aliphatic rings. The summed E-state index contributed by atoms with van der Waals surface area (Å²) in [5, 5.41) is 11.1. The lowest BCUT2D eigenvalue weighted by molar-refractivity contribution is 0.450. The van der Waals surface area contributed by atoms with Gasteiger partial charge in [0, 0.05) is 11.6 Å². The summed E-state index contributed by atoms with van der Waals surface area (Å²) in [5.41, 5.74) is 7.48. The fraction of sp³-hybridized carbons (Fsp3) is 0.167. The fourth-order valence-electron chi connectivity index (χ4n) is 2.79. The maximum atomic E-state index is 12.3. The molecule has 22 heavy (non-hydrogen) atoms. The average molecular weight is 295 g/mol. The van der Waals surface area contributed by atoms with Crippen LogP contribution in [0.4, 0.5) is 5.69 Å². The number of nitrogen functional groups attached to an aromatic ring is 1. The molecule has 1 aromatic heterocycles. The Morgan fingerprint density at radius 1 is 1.14 bits per heavy atom. The van der Waals surface area contributed by atoms with Gasteiger partial charge in [0.15, 0.2) is 0 Å². The molecular weight excluding hydrogens is 278 g/mol. The molecular formula is C18H17NO3. The Bertz CT molecular complexity index is 866. The smallest absolute Gasteiger partial charge is 0.343 e. The van der Waals surface area contributed by atoms with Gasteiger partial charge in [-0.1, -0.05) is 31.2 Å². The number of hydrogen-bond donors (Lipinski definition) is 2. The van der Waals surface area contributed by atoms with Gasteiger partial charge in [-0.15, -0.1) is 0 Å². The van der Waals surface area contributed by atoms with Crippen molar-refractivity contribution in [3.05, 3.63) is 70.1 Å². The number of benzene rings is 2. The van der Waals surface area contributed by atoms with E-state index in [0.717, 1.165) is 5.56 Å². The molecule has 1 unspecified atom stereocenters. The Kier molecular flexibility index (Phi) is 3.59. The zero-order chi connectivity index (χ0) is 15.7. The molecule has 4 nitrogen and oxygen atoms in total. The normalized spacial score (nSPS) is 12.4. The molecule has 0 amide bonds. The Morgan fingerprint density at radius 3 is 2.50 bits per heavy atom. The highest BCUT2D eigenvalue weighted by Gasteiger charge is 2.23. The molecule has 4 heteroatoms. The Morgan fingerprint density at radius 2 is 1.82 bits per heavy atom. The third-order valence-electron chi connectivity index (χ3n) is 3.92. The topological polar surface area (TPSA) is 76.5 Å². The third-order valence-corrected chi connectivity index (χ3v) is 3.92. The summed E-state index contributed by atoms with van der Waals surface area (Å²) in [6.45, 7) is 1.97. The van der Waals surface area contributed by atoms with Gasteiger partial charge in [0.05, 0.1) is 10.9 Å². The first kappa shape index (κ1) is 14.2. The molecule has 3 N–H and O–H groups in total. The van der Waals surface area contributed by atoms with Gasteiger partial charge in [-0.2, -0.15) is 0 Å². The summed E-state index contributed by atoms with van der Waals surface area (Å²) in [6, 6.07) is 14.3. The lowest BCUT2D eigenvalue weighted by Crippen LogP contribution is -2.14. The minimum atomic E-state index is -0.500. The van der Waals surface area contributed by atoms with E-state index in [0.29, 0.717) is 28.6 Å². The molecule has 0 bridgehead atoms. The van der Waals surface area contributed by atoms with Crippen LogP contribution in [0.5, 0.6) is 5.75 Å². The largest absolute Gasteiger partial charge is 0.507 e. The van der Waals surface area contributed by atoms with E-state index < -0.39 is 5.63 Å². The van der Waals surface area contributed by atoms with E-state index in [2.05, 4.69) is 0 Å². The van der Waals surface area contributed by atoms with Crippen molar-refractivity contribution in [2.24, 2.45) is 0 Å². The molecule has 1 atom stereocenters. The van der Waals surface area contributed by atoms with Crippen molar-refractivity contribution in [2.45, 2.75) is 19.3 Å². The molecule has 0 saturated carbocycles. The summed E-state index contributed by atoms with van der Waals surface area (Å²) >= 11 is 0. The maximum absolute atomic E-state index is 12.3. The van der Waals surface area contributed by atoms with E-state index in [1.54, 1.807) is 36.4 Å². The van der Waals surface area contributed by atoms with E-state index in [4.69, 9.17) is 10.2 Å². The second-order valence-corrected chi connectivity index (χ2v) is 5.28. The highest BCUT2D eigenvalue weighted by molar-refractivity contribution is 5.84. The first-order valence-corrected chi connectivity index (χ1v) is 7.22. The van der Waals surface area contributed by atoms with E-state index >= 15 is 0 Å². The predicted octanol–water partition coefficient (Wildman–Crippen LogP) is 3.62. The van der Waals surface area contributed by atoms with Crippen LogP contribution in [0.3, 0.4) is 0 Å². The second-order valence-electron chi connectivity index (χ2n) is 5.28. The molecule has 0 saturated heterocycles. The fourth-order valence-corrected chi connectivity index (χ4v) is 2.79. The van der Waals surface area contributed by atoms with E-state index in [1.807, 2.05) is 19.1 Å². The Hall–Kier alpha value is -2.75. The molecule has 2 aromatic carbocycles. The van der Waals surface area contributed by atoms with E-state index in [9.17, 15) is 9.90 Å². The van der Waals surface area contributed by atoms with Crippen molar-refractivity contribution in [1.29, 1.82) is 0 Å². The van der Waals surface area contributed by atoms with Crippen LogP contribution in [0, 0.1) is 0 Å². The number of fused-ring (bicyclic) bond motifs is 1. The molecule has 112 valence electrons. The van der Waals surface area contributed by atoms with Gasteiger partial charge < -0.3 is 15.3 Å². The number of anilines is 1. The summed E-state index contributed by atoms with van der Waals surface area (Å²) in [6.07, 6.45) is 0.667. The predicted molar refractivity (Wildman–Crippen MR) is 87.1 cm³/mol. The molecule has 3 aromatic rings. The maximum Gasteiger partial charge on any atom is 0.343 e. The monoisotopic (exact) mass is 295 g/mol. The van der Waals surface area contributed by atoms with Crippen molar-refractivity contribution in [3.63, 3.8) is 0 Å². The molecule has 1 heterocycles. The summed E-state index contributed by atoms with van der Waals surface area (Å²) in [7, 11) is 0. The number of para-hydroxylation sites is 1. The quantitative estimate of drug-likeness (QED) is 0.571. The Labute approximate surface area is 127 Å². The highest BCUT2D eigenvalue weighted by Crippen LogP contribution is 2.35. The Balaban J connectivity index is 2.23. The van der Waals surface area contributed by atoms with Crippen molar-refractivity contribution in [1.82, 2.24) is 0 Å². The second kappa shape index (κ2) is 5.56. The van der Waals surface area contributed by atoms with Crippen LogP contribution in [-0.4, -0.2) is 5.11 Å². The zero-order valence-electron chi connectivity index (χ0n) is 12.2. The van der Waals surface area contributed by atoms with Crippen LogP contribution < -0.4 is 11.4 Å². The van der Waals surface area contributed by atoms with Crippen LogP contribution in [0.1, 0.15) is 30.4 Å². The number of aromatic hydroxyl groups is 1. The lowest BCUT2D eigenvalue weighted by atomic mass is 9.89. The van der Waals surface area contributed by atoms with E-state index in [-0.39, 0.29) is 11.7 Å². The molecule has 0 aliphatic heterocycles. The van der Waals surface area contributed by atoms with Gasteiger partial charge in [0.1, 0.15) is 11.3 Å². The zero-order valence-corrected chi connectivity index (χ0v) is 12.2. The van der Waals surface area contributed by atoms with Crippen molar-refractivity contribution >= 4 is 16.7 Å². The number of rotatable bonds is 3. The molecule has 3 rings (SSSR count). The van der Waals surface area contributed by atoms with Gasteiger partial charge in [-0.25, -0.2) is 4.79 Å². The molecule has 0 radical (unpaired) electrons. The lowest BCUT2D eigenvalue weighted by Gasteiger charge is -2.17. The highest BCUT2D eigenvalue weighted by atomic mass is 16.4. The van der Waals surface area contributed by atoms with Crippen molar-refractivity contribution < 1.29 is 9.52 Å². The van der Waals surface area contributed by atoms with Crippen LogP contribution in [0.2, 0.25) is 0 Å². The SMILES string of the molecule is CCC(c1ccc(N)cc1)c1c(O)c2ccccc2oc1=O. The molecule has 0 spiro atoms. The van der Waals surface area contributed by atoms with Crippen LogP contribution >= 0.6 is 0 Å². The first-order valence-electron chi connectivity index (χ1n) is 7.22. The molecule has 0 fully saturated rings. The van der Waals surface area contributed by atoms with Gasteiger partial charge in [-0.3, -0.25) is 0 Å². The van der Waals surface area contributed by atoms with Gasteiger partial charge in [-0.05, 0) is 36.2 Å². The summed E-state index contributed by atoms with van der Waals surface area (Å²) < 4.78 is 5.36. The average Bonchev–Trinajstić information content (AvgIpc) is 2.52. The van der Waals surface area contributed by atoms with Crippen molar-refractivity contribution in [3.8, 4) is 5.75 Å². The number of nitrogens with two attached hydrogens (primary N) is 1. The van der Waals surface area contributed by atoms with Gasteiger partial charge >= 0.3 is 5.63 Å². The van der Waals surface area contributed by atoms with E-state index in [1.165, 1.54) is 0 Å². The van der Waals surface area contributed by atoms with Crippen molar-refractivity contribution in [2.75, 3.05) is 5.73 Å². The third kappa shape index (κ3) is 2.33. The van der Waals surface area contributed by atoms with Gasteiger partial charge in [0.2, 0.25) is 0 Å². The minimum Gasteiger partial charge on any atom is -0.507 e. The van der Waals surface area contributed by atoms with Crippen LogP contribution in [-0.2, 0) is 0 Å². The first-order chi connectivity index (χ1) is 10.6. The standard InChI is InChI=1S/C18H17NO3/c1-2-13(11-7-9-12(19)10-8-11)16-17(20)14-5-3-4-6-15(14)22-18(16)21/h3-10,13,20H,2,19H2,1H3. The van der Waals surface area contributed by atoms with Crippen LogP contribution in [0.15, 0.2) is 57.7 Å². The summed E-state index contributed by atoms with van der Waals surface area (Å²) in [4.78, 5) is 12.3. The van der Waals surface area contributed by atoms with Crippen LogP contribution in [0.25, 0.3) is 11.0 Å². The van der Waals surface area contributed by atoms with Gasteiger partial charge in [0.25, 0.3) is 0 Å².